The van der Waals surface area contributed by atoms with Crippen molar-refractivity contribution in [1.29, 1.82) is 0 Å². The molecule has 1 atom stereocenters. The largest absolute Gasteiger partial charge is 0.350 e. The molecule has 0 saturated carbocycles. The standard InChI is InChI=1S/C9H18N4O2/c1-13-3-2-7(6-13)12-9(15)5-11-8(14)4-10/h7H,2-6,10H2,1H3,(H,11,14)(H,12,15). The van der Waals surface area contributed by atoms with E-state index in [1.807, 2.05) is 7.05 Å². The van der Waals surface area contributed by atoms with Crippen LogP contribution < -0.4 is 16.4 Å². The fraction of sp³-hybridized carbons (Fsp3) is 0.778. The van der Waals surface area contributed by atoms with Gasteiger partial charge in [0, 0.05) is 12.6 Å². The number of hydrogen-bond donors (Lipinski definition) is 3. The number of amides is 2. The third-order valence-corrected chi connectivity index (χ3v) is 2.39. The Balaban J connectivity index is 2.16. The zero-order valence-electron chi connectivity index (χ0n) is 8.95. The molecule has 0 aromatic heterocycles. The summed E-state index contributed by atoms with van der Waals surface area (Å²) in [5.74, 6) is -0.467. The fourth-order valence-electron chi connectivity index (χ4n) is 1.58. The lowest BCUT2D eigenvalue weighted by Crippen LogP contribution is -2.44. The summed E-state index contributed by atoms with van der Waals surface area (Å²) in [5, 5.41) is 5.28. The zero-order chi connectivity index (χ0) is 11.3. The number of rotatable bonds is 4. The molecule has 0 bridgehead atoms. The van der Waals surface area contributed by atoms with Gasteiger partial charge in [-0.3, -0.25) is 9.59 Å². The highest BCUT2D eigenvalue weighted by Crippen LogP contribution is 2.05. The second-order valence-electron chi connectivity index (χ2n) is 3.80. The minimum absolute atomic E-state index is 0.0102. The minimum atomic E-state index is -0.311. The SMILES string of the molecule is CN1CCC(NC(=O)CNC(=O)CN)C1. The van der Waals surface area contributed by atoms with Crippen LogP contribution in [0, 0.1) is 0 Å². The van der Waals surface area contributed by atoms with Crippen molar-refractivity contribution in [3.05, 3.63) is 0 Å². The molecule has 15 heavy (non-hydrogen) atoms. The minimum Gasteiger partial charge on any atom is -0.350 e. The van der Waals surface area contributed by atoms with Crippen LogP contribution in [0.3, 0.4) is 0 Å². The molecule has 2 amide bonds. The molecule has 1 rings (SSSR count). The zero-order valence-corrected chi connectivity index (χ0v) is 8.95. The van der Waals surface area contributed by atoms with Crippen LogP contribution in [0.2, 0.25) is 0 Å². The van der Waals surface area contributed by atoms with Gasteiger partial charge in [-0.25, -0.2) is 0 Å². The number of nitrogens with zero attached hydrogens (tertiary/aromatic N) is 1. The highest BCUT2D eigenvalue weighted by Gasteiger charge is 2.20. The second kappa shape index (κ2) is 5.67. The summed E-state index contributed by atoms with van der Waals surface area (Å²) in [5.41, 5.74) is 5.09. The molecule has 6 heteroatoms. The van der Waals surface area contributed by atoms with Gasteiger partial charge in [-0.15, -0.1) is 0 Å². The van der Waals surface area contributed by atoms with Gasteiger partial charge in [0.1, 0.15) is 0 Å². The van der Waals surface area contributed by atoms with Crippen LogP contribution in [-0.2, 0) is 9.59 Å². The molecule has 1 fully saturated rings. The average molecular weight is 214 g/mol. The van der Waals surface area contributed by atoms with E-state index in [4.69, 9.17) is 5.73 Å². The van der Waals surface area contributed by atoms with Gasteiger partial charge in [-0.05, 0) is 20.0 Å². The van der Waals surface area contributed by atoms with Gasteiger partial charge < -0.3 is 21.3 Å². The molecule has 1 heterocycles. The van der Waals surface area contributed by atoms with E-state index in [9.17, 15) is 9.59 Å². The maximum Gasteiger partial charge on any atom is 0.239 e. The van der Waals surface area contributed by atoms with Crippen molar-refractivity contribution in [2.75, 3.05) is 33.2 Å². The average Bonchev–Trinajstić information content (AvgIpc) is 2.60. The first kappa shape index (κ1) is 11.9. The summed E-state index contributed by atoms with van der Waals surface area (Å²) in [6, 6.07) is 0.206. The first-order valence-electron chi connectivity index (χ1n) is 5.06. The van der Waals surface area contributed by atoms with Crippen molar-refractivity contribution in [2.24, 2.45) is 5.73 Å². The Hall–Kier alpha value is -1.14. The molecule has 1 unspecified atom stereocenters. The molecule has 0 aliphatic carbocycles. The van der Waals surface area contributed by atoms with Gasteiger partial charge in [-0.1, -0.05) is 0 Å². The molecule has 0 aromatic rings. The number of nitrogens with two attached hydrogens (primary N) is 1. The number of carbonyl (C=O) groups is 2. The molecule has 4 N–H and O–H groups in total. The van der Waals surface area contributed by atoms with E-state index in [0.29, 0.717) is 0 Å². The van der Waals surface area contributed by atoms with Gasteiger partial charge in [0.15, 0.2) is 0 Å². The summed E-state index contributed by atoms with van der Waals surface area (Å²) < 4.78 is 0. The number of carbonyl (C=O) groups excluding carboxylic acids is 2. The summed E-state index contributed by atoms with van der Waals surface area (Å²) >= 11 is 0. The predicted molar refractivity (Wildman–Crippen MR) is 56.1 cm³/mol. The van der Waals surface area contributed by atoms with Gasteiger partial charge in [0.05, 0.1) is 13.1 Å². The lowest BCUT2D eigenvalue weighted by Gasteiger charge is -2.12. The van der Waals surface area contributed by atoms with E-state index in [1.54, 1.807) is 0 Å². The Morgan fingerprint density at radius 1 is 1.47 bits per heavy atom. The van der Waals surface area contributed by atoms with Crippen molar-refractivity contribution in [3.63, 3.8) is 0 Å². The van der Waals surface area contributed by atoms with Crippen LogP contribution >= 0.6 is 0 Å². The highest BCUT2D eigenvalue weighted by atomic mass is 16.2. The molecule has 0 spiro atoms. The second-order valence-corrected chi connectivity index (χ2v) is 3.80. The van der Waals surface area contributed by atoms with E-state index in [2.05, 4.69) is 15.5 Å². The fourth-order valence-corrected chi connectivity index (χ4v) is 1.58. The van der Waals surface area contributed by atoms with Crippen LogP contribution in [0.4, 0.5) is 0 Å². The Labute approximate surface area is 89.2 Å². The van der Waals surface area contributed by atoms with E-state index >= 15 is 0 Å². The van der Waals surface area contributed by atoms with Crippen LogP contribution in [0.5, 0.6) is 0 Å². The summed E-state index contributed by atoms with van der Waals surface area (Å²) in [6.45, 7) is 1.80. The summed E-state index contributed by atoms with van der Waals surface area (Å²) in [6.07, 6.45) is 0.965. The number of hydrogen-bond acceptors (Lipinski definition) is 4. The Bertz CT molecular complexity index is 244. The molecule has 0 aromatic carbocycles. The molecule has 86 valence electrons. The first-order valence-corrected chi connectivity index (χ1v) is 5.06. The van der Waals surface area contributed by atoms with Crippen molar-refractivity contribution in [3.8, 4) is 0 Å². The third kappa shape index (κ3) is 4.26. The quantitative estimate of drug-likeness (QED) is 0.499. The van der Waals surface area contributed by atoms with Gasteiger partial charge in [0.25, 0.3) is 0 Å². The molecular formula is C9H18N4O2. The van der Waals surface area contributed by atoms with Crippen molar-refractivity contribution >= 4 is 11.8 Å². The molecule has 1 aliphatic heterocycles. The van der Waals surface area contributed by atoms with Crippen molar-refractivity contribution < 1.29 is 9.59 Å². The lowest BCUT2D eigenvalue weighted by atomic mass is 10.2. The van der Waals surface area contributed by atoms with Crippen molar-refractivity contribution in [2.45, 2.75) is 12.5 Å². The maximum absolute atomic E-state index is 11.3. The van der Waals surface area contributed by atoms with Crippen LogP contribution in [-0.4, -0.2) is 56.0 Å². The highest BCUT2D eigenvalue weighted by molar-refractivity contribution is 5.85. The third-order valence-electron chi connectivity index (χ3n) is 2.39. The summed E-state index contributed by atoms with van der Waals surface area (Å²) in [7, 11) is 2.02. The van der Waals surface area contributed by atoms with Crippen LogP contribution in [0.1, 0.15) is 6.42 Å². The maximum atomic E-state index is 11.3. The van der Waals surface area contributed by atoms with Crippen LogP contribution in [0.15, 0.2) is 0 Å². The molecule has 6 nitrogen and oxygen atoms in total. The number of likely N-dealkylation sites (tertiary alicyclic amines) is 1. The van der Waals surface area contributed by atoms with Crippen molar-refractivity contribution in [1.82, 2.24) is 15.5 Å². The van der Waals surface area contributed by atoms with E-state index in [1.165, 1.54) is 0 Å². The Morgan fingerprint density at radius 3 is 2.73 bits per heavy atom. The first-order chi connectivity index (χ1) is 7.11. The van der Waals surface area contributed by atoms with Crippen LogP contribution in [0.25, 0.3) is 0 Å². The smallest absolute Gasteiger partial charge is 0.239 e. The van der Waals surface area contributed by atoms with E-state index < -0.39 is 0 Å². The van der Waals surface area contributed by atoms with Gasteiger partial charge in [0.2, 0.25) is 11.8 Å². The lowest BCUT2D eigenvalue weighted by molar-refractivity contribution is -0.125. The molecule has 1 saturated heterocycles. The Morgan fingerprint density at radius 2 is 2.20 bits per heavy atom. The van der Waals surface area contributed by atoms with Gasteiger partial charge >= 0.3 is 0 Å². The van der Waals surface area contributed by atoms with E-state index in [0.717, 1.165) is 19.5 Å². The number of nitrogens with one attached hydrogen (secondary N) is 2. The normalized spacial score (nSPS) is 21.3. The molecule has 0 radical (unpaired) electrons. The number of likely N-dealkylation sites (N-methyl/N-ethyl adjacent to an activating group) is 1. The molecule has 1 aliphatic rings. The van der Waals surface area contributed by atoms with Gasteiger partial charge in [-0.2, -0.15) is 0 Å². The topological polar surface area (TPSA) is 87.5 Å². The predicted octanol–water partition coefficient (Wildman–Crippen LogP) is -2.12. The monoisotopic (exact) mass is 214 g/mol. The van der Waals surface area contributed by atoms with E-state index in [-0.39, 0.29) is 30.9 Å². The molecular weight excluding hydrogens is 196 g/mol. The summed E-state index contributed by atoms with van der Waals surface area (Å²) in [4.78, 5) is 24.3. The Kier molecular flexibility index (Phi) is 4.51.